The van der Waals surface area contributed by atoms with Gasteiger partial charge in [0, 0.05) is 0 Å². The molecule has 17 heavy (non-hydrogen) atoms. The predicted octanol–water partition coefficient (Wildman–Crippen LogP) is 2.07. The Bertz CT molecular complexity index is 364. The number of benzene rings is 1. The summed E-state index contributed by atoms with van der Waals surface area (Å²) >= 11 is 0. The van der Waals surface area contributed by atoms with E-state index in [-0.39, 0.29) is 12.0 Å². The normalized spacial score (nSPS) is 24.5. The molecular formula is C14H19NO2. The lowest BCUT2D eigenvalue weighted by molar-refractivity contribution is -0.141. The van der Waals surface area contributed by atoms with Crippen molar-refractivity contribution in [3.8, 4) is 0 Å². The highest BCUT2D eigenvalue weighted by Crippen LogP contribution is 2.22. The van der Waals surface area contributed by atoms with Gasteiger partial charge in [0.15, 0.2) is 0 Å². The van der Waals surface area contributed by atoms with Crippen molar-refractivity contribution in [2.75, 3.05) is 6.54 Å². The van der Waals surface area contributed by atoms with Gasteiger partial charge in [-0.2, -0.15) is 0 Å². The molecule has 2 rings (SSSR count). The summed E-state index contributed by atoms with van der Waals surface area (Å²) in [7, 11) is 0. The zero-order valence-electron chi connectivity index (χ0n) is 9.93. The van der Waals surface area contributed by atoms with Crippen LogP contribution in [-0.4, -0.2) is 23.7 Å². The molecule has 1 aliphatic rings. The van der Waals surface area contributed by atoms with Gasteiger partial charge in [0.25, 0.3) is 0 Å². The number of aliphatic carboxylic acids is 1. The quantitative estimate of drug-likeness (QED) is 0.837. The third kappa shape index (κ3) is 3.30. The fourth-order valence-corrected chi connectivity index (χ4v) is 2.55. The third-order valence-corrected chi connectivity index (χ3v) is 3.50. The second-order valence-corrected chi connectivity index (χ2v) is 4.70. The number of rotatable bonds is 4. The Morgan fingerprint density at radius 1 is 1.35 bits per heavy atom. The molecule has 0 spiro atoms. The third-order valence-electron chi connectivity index (χ3n) is 3.50. The summed E-state index contributed by atoms with van der Waals surface area (Å²) in [6.07, 6.45) is 4.03. The van der Waals surface area contributed by atoms with E-state index in [2.05, 4.69) is 17.4 Å². The lowest BCUT2D eigenvalue weighted by Gasteiger charge is -2.29. The smallest absolute Gasteiger partial charge is 0.320 e. The van der Waals surface area contributed by atoms with E-state index in [1.807, 2.05) is 18.2 Å². The zero-order valence-corrected chi connectivity index (χ0v) is 9.93. The van der Waals surface area contributed by atoms with Gasteiger partial charge in [-0.25, -0.2) is 0 Å². The maximum Gasteiger partial charge on any atom is 0.320 e. The first kappa shape index (κ1) is 12.1. The molecule has 0 amide bonds. The van der Waals surface area contributed by atoms with Gasteiger partial charge < -0.3 is 10.4 Å². The summed E-state index contributed by atoms with van der Waals surface area (Å²) in [6, 6.07) is 9.92. The molecule has 3 nitrogen and oxygen atoms in total. The Morgan fingerprint density at radius 2 is 2.12 bits per heavy atom. The molecule has 2 atom stereocenters. The van der Waals surface area contributed by atoms with Crippen LogP contribution in [0.4, 0.5) is 0 Å². The Hall–Kier alpha value is -1.35. The SMILES string of the molecule is O=C(O)[C@H]1NCCC[C@@H]1CCc1ccccc1. The van der Waals surface area contributed by atoms with E-state index in [0.29, 0.717) is 0 Å². The summed E-state index contributed by atoms with van der Waals surface area (Å²) in [5.74, 6) is -0.441. The van der Waals surface area contributed by atoms with Crippen LogP contribution < -0.4 is 5.32 Å². The molecule has 2 N–H and O–H groups in total. The lowest BCUT2D eigenvalue weighted by atomic mass is 9.86. The van der Waals surface area contributed by atoms with Crippen LogP contribution in [0.2, 0.25) is 0 Å². The second kappa shape index (κ2) is 5.82. The average Bonchev–Trinajstić information content (AvgIpc) is 2.38. The molecule has 1 saturated heterocycles. The van der Waals surface area contributed by atoms with Crippen molar-refractivity contribution in [2.45, 2.75) is 31.7 Å². The van der Waals surface area contributed by atoms with Gasteiger partial charge >= 0.3 is 5.97 Å². The van der Waals surface area contributed by atoms with Crippen molar-refractivity contribution in [3.63, 3.8) is 0 Å². The minimum Gasteiger partial charge on any atom is -0.480 e. The molecular weight excluding hydrogens is 214 g/mol. The fourth-order valence-electron chi connectivity index (χ4n) is 2.55. The van der Waals surface area contributed by atoms with Crippen molar-refractivity contribution in [1.82, 2.24) is 5.32 Å². The van der Waals surface area contributed by atoms with E-state index in [9.17, 15) is 4.79 Å². The number of nitrogens with one attached hydrogen (secondary N) is 1. The Balaban J connectivity index is 1.90. The summed E-state index contributed by atoms with van der Waals surface area (Å²) < 4.78 is 0. The van der Waals surface area contributed by atoms with Gasteiger partial charge in [0.05, 0.1) is 0 Å². The van der Waals surface area contributed by atoms with Crippen molar-refractivity contribution in [1.29, 1.82) is 0 Å². The highest BCUT2D eigenvalue weighted by molar-refractivity contribution is 5.74. The number of carboxylic acid groups (broad SMARTS) is 1. The summed E-state index contributed by atoms with van der Waals surface area (Å²) in [4.78, 5) is 11.1. The summed E-state index contributed by atoms with van der Waals surface area (Å²) in [6.45, 7) is 0.832. The topological polar surface area (TPSA) is 49.3 Å². The molecule has 92 valence electrons. The van der Waals surface area contributed by atoms with Crippen molar-refractivity contribution in [2.24, 2.45) is 5.92 Å². The highest BCUT2D eigenvalue weighted by atomic mass is 16.4. The number of aryl methyl sites for hydroxylation is 1. The fraction of sp³-hybridized carbons (Fsp3) is 0.500. The monoisotopic (exact) mass is 233 g/mol. The van der Waals surface area contributed by atoms with E-state index in [1.54, 1.807) is 0 Å². The first-order valence-corrected chi connectivity index (χ1v) is 6.27. The van der Waals surface area contributed by atoms with Crippen LogP contribution in [0.25, 0.3) is 0 Å². The van der Waals surface area contributed by atoms with Gasteiger partial charge in [-0.05, 0) is 43.7 Å². The maximum absolute atomic E-state index is 11.1. The van der Waals surface area contributed by atoms with E-state index >= 15 is 0 Å². The maximum atomic E-state index is 11.1. The minimum absolute atomic E-state index is 0.265. The van der Waals surface area contributed by atoms with Crippen LogP contribution in [0.5, 0.6) is 0 Å². The van der Waals surface area contributed by atoms with Crippen LogP contribution >= 0.6 is 0 Å². The Kier molecular flexibility index (Phi) is 4.15. The van der Waals surface area contributed by atoms with E-state index in [4.69, 9.17) is 5.11 Å². The van der Waals surface area contributed by atoms with Crippen LogP contribution in [-0.2, 0) is 11.2 Å². The zero-order chi connectivity index (χ0) is 12.1. The van der Waals surface area contributed by atoms with E-state index < -0.39 is 5.97 Å². The molecule has 1 aliphatic heterocycles. The first-order valence-electron chi connectivity index (χ1n) is 6.27. The highest BCUT2D eigenvalue weighted by Gasteiger charge is 2.29. The molecule has 1 aromatic rings. The number of carboxylic acids is 1. The minimum atomic E-state index is -0.706. The molecule has 1 fully saturated rings. The van der Waals surface area contributed by atoms with Crippen LogP contribution in [0.15, 0.2) is 30.3 Å². The van der Waals surface area contributed by atoms with E-state index in [1.165, 1.54) is 5.56 Å². The summed E-state index contributed by atoms with van der Waals surface area (Å²) in [5.41, 5.74) is 1.29. The first-order chi connectivity index (χ1) is 8.27. The molecule has 0 aliphatic carbocycles. The van der Waals surface area contributed by atoms with Crippen LogP contribution in [0, 0.1) is 5.92 Å². The predicted molar refractivity (Wildman–Crippen MR) is 66.9 cm³/mol. The van der Waals surface area contributed by atoms with Crippen molar-refractivity contribution in [3.05, 3.63) is 35.9 Å². The lowest BCUT2D eigenvalue weighted by Crippen LogP contribution is -2.46. The summed E-state index contributed by atoms with van der Waals surface area (Å²) in [5, 5.41) is 12.2. The molecule has 1 aromatic carbocycles. The molecule has 1 heterocycles. The van der Waals surface area contributed by atoms with Gasteiger partial charge in [-0.1, -0.05) is 30.3 Å². The van der Waals surface area contributed by atoms with Gasteiger partial charge in [0.1, 0.15) is 6.04 Å². The number of piperidine rings is 1. The Morgan fingerprint density at radius 3 is 2.82 bits per heavy atom. The van der Waals surface area contributed by atoms with Gasteiger partial charge in [-0.3, -0.25) is 4.79 Å². The second-order valence-electron chi connectivity index (χ2n) is 4.70. The van der Waals surface area contributed by atoms with E-state index in [0.717, 1.165) is 32.2 Å². The molecule has 0 aromatic heterocycles. The van der Waals surface area contributed by atoms with Gasteiger partial charge in [0.2, 0.25) is 0 Å². The van der Waals surface area contributed by atoms with Crippen molar-refractivity contribution >= 4 is 5.97 Å². The largest absolute Gasteiger partial charge is 0.480 e. The van der Waals surface area contributed by atoms with Crippen LogP contribution in [0.3, 0.4) is 0 Å². The standard InChI is InChI=1S/C14H19NO2/c16-14(17)13-12(7-4-10-15-13)9-8-11-5-2-1-3-6-11/h1-3,5-6,12-13,15H,4,7-10H2,(H,16,17)/t12-,13+/m1/s1. The number of hydrogen-bond donors (Lipinski definition) is 2. The molecule has 0 bridgehead atoms. The molecule has 3 heteroatoms. The number of hydrogen-bond acceptors (Lipinski definition) is 2. The van der Waals surface area contributed by atoms with Crippen molar-refractivity contribution < 1.29 is 9.90 Å². The molecule has 0 saturated carbocycles. The molecule has 0 unspecified atom stereocenters. The Labute approximate surface area is 102 Å². The average molecular weight is 233 g/mol. The molecule has 0 radical (unpaired) electrons. The van der Waals surface area contributed by atoms with Crippen LogP contribution in [0.1, 0.15) is 24.8 Å². The van der Waals surface area contributed by atoms with Gasteiger partial charge in [-0.15, -0.1) is 0 Å². The number of carbonyl (C=O) groups is 1.